The molecule has 0 aliphatic carbocycles. The molecule has 2 atom stereocenters. The van der Waals surface area contributed by atoms with Crippen LogP contribution >= 0.6 is 11.3 Å². The number of nitrogens with one attached hydrogen (secondary N) is 1. The molecule has 0 radical (unpaired) electrons. The van der Waals surface area contributed by atoms with Gasteiger partial charge in [0.25, 0.3) is 5.56 Å². The minimum Gasteiger partial charge on any atom is -0.496 e. The molecule has 3 aromatic heterocycles. The average Bonchev–Trinajstić information content (AvgIpc) is 3.57. The van der Waals surface area contributed by atoms with E-state index in [1.165, 1.54) is 53.7 Å². The molecule has 4 heterocycles. The highest BCUT2D eigenvalue weighted by atomic mass is 32.1. The molecule has 4 aromatic rings. The maximum Gasteiger partial charge on any atom is 0.332 e. The summed E-state index contributed by atoms with van der Waals surface area (Å²) in [6.07, 6.45) is 3.83. The SMILES string of the molecule is CCCO[C@@H](Cn1c(=O)n([C@@H]2CCCNC2=O)c(=O)c2c(C)c(-c3ncco3)sc21)c1cc(F)ccc1OC. The van der Waals surface area contributed by atoms with E-state index >= 15 is 0 Å². The van der Waals surface area contributed by atoms with Gasteiger partial charge in [-0.15, -0.1) is 11.3 Å². The Labute approximate surface area is 227 Å². The van der Waals surface area contributed by atoms with Crippen molar-refractivity contribution in [3.63, 3.8) is 0 Å². The van der Waals surface area contributed by atoms with E-state index in [4.69, 9.17) is 13.9 Å². The summed E-state index contributed by atoms with van der Waals surface area (Å²) >= 11 is 1.20. The van der Waals surface area contributed by atoms with Gasteiger partial charge in [0, 0.05) is 18.7 Å². The van der Waals surface area contributed by atoms with Gasteiger partial charge in [0.2, 0.25) is 11.8 Å². The molecule has 1 aliphatic heterocycles. The Hall–Kier alpha value is -3.77. The van der Waals surface area contributed by atoms with Crippen LogP contribution in [0, 0.1) is 12.7 Å². The number of nitrogens with zero attached hydrogens (tertiary/aromatic N) is 3. The molecule has 1 fully saturated rings. The smallest absolute Gasteiger partial charge is 0.332 e. The number of benzene rings is 1. The van der Waals surface area contributed by atoms with E-state index in [9.17, 15) is 18.8 Å². The molecular weight excluding hydrogens is 527 g/mol. The van der Waals surface area contributed by atoms with E-state index < -0.39 is 29.2 Å². The molecule has 1 N–H and O–H groups in total. The van der Waals surface area contributed by atoms with E-state index in [2.05, 4.69) is 10.3 Å². The summed E-state index contributed by atoms with van der Waals surface area (Å²) in [5, 5.41) is 3.06. The molecule has 0 spiro atoms. The second kappa shape index (κ2) is 11.1. The van der Waals surface area contributed by atoms with Gasteiger partial charge in [-0.25, -0.2) is 18.7 Å². The number of ether oxygens (including phenoxy) is 2. The van der Waals surface area contributed by atoms with Gasteiger partial charge < -0.3 is 19.2 Å². The molecule has 0 bridgehead atoms. The topological polar surface area (TPSA) is 118 Å². The fourth-order valence-electron chi connectivity index (χ4n) is 4.97. The first kappa shape index (κ1) is 26.8. The van der Waals surface area contributed by atoms with Crippen LogP contribution in [0.4, 0.5) is 4.39 Å². The number of halogens is 1. The van der Waals surface area contributed by atoms with Crippen LogP contribution in [0.5, 0.6) is 5.75 Å². The van der Waals surface area contributed by atoms with Crippen molar-refractivity contribution >= 4 is 27.5 Å². The maximum absolute atomic E-state index is 14.4. The summed E-state index contributed by atoms with van der Waals surface area (Å²) in [5.41, 5.74) is -0.166. The summed E-state index contributed by atoms with van der Waals surface area (Å²) in [6.45, 7) is 4.49. The zero-order valence-electron chi connectivity index (χ0n) is 21.9. The molecule has 39 heavy (non-hydrogen) atoms. The Balaban J connectivity index is 1.76. The first-order valence-corrected chi connectivity index (χ1v) is 13.6. The van der Waals surface area contributed by atoms with Gasteiger partial charge in [-0.3, -0.25) is 14.2 Å². The minimum atomic E-state index is -0.947. The average molecular weight is 557 g/mol. The lowest BCUT2D eigenvalue weighted by atomic mass is 10.1. The van der Waals surface area contributed by atoms with Gasteiger partial charge in [0.15, 0.2) is 0 Å². The lowest BCUT2D eigenvalue weighted by molar-refractivity contribution is -0.126. The Morgan fingerprint density at radius 2 is 2.13 bits per heavy atom. The second-order valence-electron chi connectivity index (χ2n) is 9.34. The third kappa shape index (κ3) is 4.89. The number of hydrogen-bond acceptors (Lipinski definition) is 8. The molecule has 1 aliphatic rings. The summed E-state index contributed by atoms with van der Waals surface area (Å²) in [4.78, 5) is 45.9. The Morgan fingerprint density at radius 1 is 1.31 bits per heavy atom. The fraction of sp³-hybridized carbons (Fsp3) is 0.407. The van der Waals surface area contributed by atoms with Gasteiger partial charge in [0.1, 0.15) is 34.8 Å². The van der Waals surface area contributed by atoms with Crippen LogP contribution in [0.3, 0.4) is 0 Å². The largest absolute Gasteiger partial charge is 0.496 e. The van der Waals surface area contributed by atoms with Crippen molar-refractivity contribution in [3.8, 4) is 16.5 Å². The lowest BCUT2D eigenvalue weighted by Gasteiger charge is -2.26. The normalized spacial score (nSPS) is 16.4. The van der Waals surface area contributed by atoms with Gasteiger partial charge in [-0.05, 0) is 49.9 Å². The second-order valence-corrected chi connectivity index (χ2v) is 10.3. The number of hydrogen-bond donors (Lipinski definition) is 1. The standard InChI is InChI=1S/C27H29FN4O6S/c1-4-11-37-20(17-13-16(28)7-8-19(17)36-3)14-31-26-21(15(2)22(39-26)24-30-10-12-38-24)25(34)32(27(31)35)18-6-5-9-29-23(18)33/h7-8,10,12-13,18,20H,4-6,9,11,14H2,1-3H3,(H,29,33)/t18-,20+/m1/s1. The summed E-state index contributed by atoms with van der Waals surface area (Å²) in [6, 6.07) is 3.17. The van der Waals surface area contributed by atoms with Crippen molar-refractivity contribution < 1.29 is 23.1 Å². The molecule has 1 saturated heterocycles. The van der Waals surface area contributed by atoms with Crippen LogP contribution in [-0.4, -0.2) is 40.3 Å². The van der Waals surface area contributed by atoms with Crippen LogP contribution in [0.2, 0.25) is 0 Å². The van der Waals surface area contributed by atoms with Crippen molar-refractivity contribution in [3.05, 3.63) is 68.4 Å². The number of fused-ring (bicyclic) bond motifs is 1. The van der Waals surface area contributed by atoms with Crippen LogP contribution in [-0.2, 0) is 16.1 Å². The summed E-state index contributed by atoms with van der Waals surface area (Å²) in [5.74, 6) is -0.127. The zero-order valence-corrected chi connectivity index (χ0v) is 22.7. The van der Waals surface area contributed by atoms with E-state index in [0.717, 1.165) is 4.57 Å². The molecule has 0 unspecified atom stereocenters. The number of carbonyl (C=O) groups is 1. The number of piperidine rings is 1. The fourth-order valence-corrected chi connectivity index (χ4v) is 6.21. The number of aromatic nitrogens is 3. The number of rotatable bonds is 9. The Bertz CT molecular complexity index is 1620. The van der Waals surface area contributed by atoms with Gasteiger partial charge in [-0.2, -0.15) is 0 Å². The molecule has 1 amide bonds. The molecule has 5 rings (SSSR count). The minimum absolute atomic E-state index is 0.0469. The van der Waals surface area contributed by atoms with Gasteiger partial charge in [-0.1, -0.05) is 6.92 Å². The third-order valence-electron chi connectivity index (χ3n) is 6.85. The Morgan fingerprint density at radius 3 is 2.82 bits per heavy atom. The highest BCUT2D eigenvalue weighted by molar-refractivity contribution is 7.22. The molecular formula is C27H29FN4O6S. The number of oxazole rings is 1. The number of aryl methyl sites for hydroxylation is 1. The van der Waals surface area contributed by atoms with Crippen molar-refractivity contribution in [2.75, 3.05) is 20.3 Å². The summed E-state index contributed by atoms with van der Waals surface area (Å²) < 4.78 is 34.0. The van der Waals surface area contributed by atoms with Crippen molar-refractivity contribution in [2.45, 2.75) is 51.8 Å². The molecule has 206 valence electrons. The van der Waals surface area contributed by atoms with E-state index in [-0.39, 0.29) is 12.5 Å². The Kier molecular flexibility index (Phi) is 7.67. The zero-order chi connectivity index (χ0) is 27.7. The predicted octanol–water partition coefficient (Wildman–Crippen LogP) is 3.95. The molecule has 10 nitrogen and oxygen atoms in total. The van der Waals surface area contributed by atoms with Gasteiger partial charge >= 0.3 is 5.69 Å². The predicted molar refractivity (Wildman–Crippen MR) is 144 cm³/mol. The number of carbonyl (C=O) groups excluding carboxylic acids is 1. The first-order chi connectivity index (χ1) is 18.8. The van der Waals surface area contributed by atoms with E-state index in [1.807, 2.05) is 6.92 Å². The third-order valence-corrected chi connectivity index (χ3v) is 8.15. The van der Waals surface area contributed by atoms with Crippen LogP contribution < -0.4 is 21.3 Å². The van der Waals surface area contributed by atoms with Crippen LogP contribution in [0.1, 0.15) is 49.5 Å². The molecule has 1 aromatic carbocycles. The lowest BCUT2D eigenvalue weighted by Crippen LogP contribution is -2.49. The number of amides is 1. The van der Waals surface area contributed by atoms with Crippen molar-refractivity contribution in [2.24, 2.45) is 0 Å². The monoisotopic (exact) mass is 556 g/mol. The summed E-state index contributed by atoms with van der Waals surface area (Å²) in [7, 11) is 1.48. The van der Waals surface area contributed by atoms with E-state index in [0.29, 0.717) is 70.3 Å². The molecule has 12 heteroatoms. The van der Waals surface area contributed by atoms with Crippen LogP contribution in [0.15, 0.2) is 44.7 Å². The quantitative estimate of drug-likeness (QED) is 0.332. The number of thiophene rings is 1. The highest BCUT2D eigenvalue weighted by Crippen LogP contribution is 2.37. The van der Waals surface area contributed by atoms with Crippen LogP contribution in [0.25, 0.3) is 21.0 Å². The molecule has 0 saturated carbocycles. The number of methoxy groups -OCH3 is 1. The van der Waals surface area contributed by atoms with E-state index in [1.54, 1.807) is 6.92 Å². The van der Waals surface area contributed by atoms with Crippen molar-refractivity contribution in [1.82, 2.24) is 19.4 Å². The maximum atomic E-state index is 14.4. The van der Waals surface area contributed by atoms with Gasteiger partial charge in [0.05, 0.1) is 30.1 Å². The first-order valence-electron chi connectivity index (χ1n) is 12.8. The highest BCUT2D eigenvalue weighted by Gasteiger charge is 2.32. The van der Waals surface area contributed by atoms with Crippen molar-refractivity contribution in [1.29, 1.82) is 0 Å².